The summed E-state index contributed by atoms with van der Waals surface area (Å²) in [7, 11) is 0. The van der Waals surface area contributed by atoms with E-state index in [1.54, 1.807) is 23.1 Å². The summed E-state index contributed by atoms with van der Waals surface area (Å²) in [6.07, 6.45) is 5.35. The molecule has 39 heavy (non-hydrogen) atoms. The smallest absolute Gasteiger partial charge is 0.261 e. The van der Waals surface area contributed by atoms with Gasteiger partial charge in [-0.25, -0.2) is 0 Å². The molecule has 0 heterocycles. The molecular weight excluding hydrogens is 599 g/mol. The summed E-state index contributed by atoms with van der Waals surface area (Å²) in [4.78, 5) is 29.2. The Morgan fingerprint density at radius 2 is 1.77 bits per heavy atom. The van der Waals surface area contributed by atoms with Gasteiger partial charge in [-0.1, -0.05) is 85.4 Å². The Bertz CT molecular complexity index is 1280. The van der Waals surface area contributed by atoms with Gasteiger partial charge in [0.1, 0.15) is 11.8 Å². The van der Waals surface area contributed by atoms with Crippen LogP contribution in [0.2, 0.25) is 10.0 Å². The molecule has 8 heteroatoms. The molecule has 0 spiro atoms. The molecule has 0 radical (unpaired) electrons. The molecule has 1 aliphatic rings. The first kappa shape index (κ1) is 29.4. The van der Waals surface area contributed by atoms with Crippen molar-refractivity contribution in [3.63, 3.8) is 0 Å². The number of ether oxygens (including phenoxy) is 1. The minimum atomic E-state index is -0.748. The molecule has 206 valence electrons. The van der Waals surface area contributed by atoms with Gasteiger partial charge >= 0.3 is 0 Å². The van der Waals surface area contributed by atoms with Crippen LogP contribution >= 0.6 is 39.1 Å². The normalized spacial score (nSPS) is 14.2. The van der Waals surface area contributed by atoms with Gasteiger partial charge in [0.2, 0.25) is 5.91 Å². The van der Waals surface area contributed by atoms with Crippen molar-refractivity contribution in [2.45, 2.75) is 64.1 Å². The highest BCUT2D eigenvalue weighted by Crippen LogP contribution is 2.28. The predicted molar refractivity (Wildman–Crippen MR) is 160 cm³/mol. The van der Waals surface area contributed by atoms with E-state index in [9.17, 15) is 9.59 Å². The second-order valence-electron chi connectivity index (χ2n) is 9.86. The van der Waals surface area contributed by atoms with E-state index >= 15 is 0 Å². The van der Waals surface area contributed by atoms with Crippen molar-refractivity contribution >= 4 is 50.9 Å². The number of hydrogen-bond acceptors (Lipinski definition) is 3. The summed E-state index contributed by atoms with van der Waals surface area (Å²) in [5.74, 6) is 0.0905. The average molecular weight is 632 g/mol. The van der Waals surface area contributed by atoms with Gasteiger partial charge in [0.25, 0.3) is 5.91 Å². The van der Waals surface area contributed by atoms with Crippen LogP contribution in [-0.4, -0.2) is 35.4 Å². The Kier molecular flexibility index (Phi) is 10.7. The number of nitrogens with zero attached hydrogens (tertiary/aromatic N) is 1. The number of hydrogen-bond donors (Lipinski definition) is 1. The fourth-order valence-electron chi connectivity index (χ4n) is 4.86. The minimum absolute atomic E-state index is 0.121. The van der Waals surface area contributed by atoms with Crippen molar-refractivity contribution in [1.82, 2.24) is 10.2 Å². The maximum Gasteiger partial charge on any atom is 0.261 e. The van der Waals surface area contributed by atoms with Crippen molar-refractivity contribution in [3.05, 3.63) is 97.9 Å². The Hall–Kier alpha value is -2.54. The lowest BCUT2D eigenvalue weighted by Gasteiger charge is -2.32. The van der Waals surface area contributed by atoms with Gasteiger partial charge in [-0.15, -0.1) is 0 Å². The quantitative estimate of drug-likeness (QED) is 0.240. The fourth-order valence-corrected chi connectivity index (χ4v) is 5.87. The van der Waals surface area contributed by atoms with Gasteiger partial charge < -0.3 is 15.0 Å². The predicted octanol–water partition coefficient (Wildman–Crippen LogP) is 7.40. The zero-order valence-electron chi connectivity index (χ0n) is 22.0. The van der Waals surface area contributed by atoms with E-state index in [1.165, 1.54) is 0 Å². The number of carbonyl (C=O) groups is 2. The maximum atomic E-state index is 13.8. The number of benzene rings is 3. The third-order valence-corrected chi connectivity index (χ3v) is 8.29. The maximum absolute atomic E-state index is 13.8. The first-order chi connectivity index (χ1) is 18.8. The Labute approximate surface area is 249 Å². The molecule has 1 aliphatic carbocycles. The summed E-state index contributed by atoms with van der Waals surface area (Å²) in [5.41, 5.74) is 2.82. The largest absolute Gasteiger partial charge is 0.483 e. The second-order valence-corrected chi connectivity index (χ2v) is 11.6. The van der Waals surface area contributed by atoms with Crippen molar-refractivity contribution in [3.8, 4) is 5.75 Å². The number of nitrogens with one attached hydrogen (secondary N) is 1. The first-order valence-corrected chi connectivity index (χ1v) is 14.9. The van der Waals surface area contributed by atoms with Crippen LogP contribution < -0.4 is 10.1 Å². The molecule has 3 aromatic carbocycles. The van der Waals surface area contributed by atoms with Gasteiger partial charge in [0.15, 0.2) is 6.61 Å². The van der Waals surface area contributed by atoms with Crippen molar-refractivity contribution in [2.24, 2.45) is 0 Å². The molecule has 4 rings (SSSR count). The van der Waals surface area contributed by atoms with Crippen molar-refractivity contribution < 1.29 is 14.3 Å². The van der Waals surface area contributed by atoms with Crippen LogP contribution in [-0.2, 0) is 29.0 Å². The van der Waals surface area contributed by atoms with Crippen LogP contribution in [0.5, 0.6) is 5.75 Å². The molecule has 0 saturated heterocycles. The Balaban J connectivity index is 1.63. The van der Waals surface area contributed by atoms with Crippen molar-refractivity contribution in [2.75, 3.05) is 6.61 Å². The van der Waals surface area contributed by atoms with E-state index in [1.807, 2.05) is 48.5 Å². The highest BCUT2D eigenvalue weighted by Gasteiger charge is 2.33. The average Bonchev–Trinajstić information content (AvgIpc) is 3.44. The Morgan fingerprint density at radius 3 is 2.44 bits per heavy atom. The van der Waals surface area contributed by atoms with Gasteiger partial charge in [-0.2, -0.15) is 0 Å². The standard InChI is InChI=1S/C31H33BrCl2N2O3/c1-2-21-12-15-29(26(32)16-21)39-20-30(37)36(19-23-13-14-24(33)18-27(23)34)28(17-22-8-4-3-5-9-22)31(38)35-25-10-6-7-11-25/h3-5,8-9,12-16,18,25,28H,2,6-7,10-11,17,19-20H2,1H3,(H,35,38)/t28-/m0/s1. The van der Waals surface area contributed by atoms with Crippen LogP contribution in [0.4, 0.5) is 0 Å². The molecule has 2 amide bonds. The van der Waals surface area contributed by atoms with E-state index < -0.39 is 6.04 Å². The Morgan fingerprint density at radius 1 is 1.03 bits per heavy atom. The molecule has 5 nitrogen and oxygen atoms in total. The zero-order valence-corrected chi connectivity index (χ0v) is 25.1. The highest BCUT2D eigenvalue weighted by molar-refractivity contribution is 9.10. The fraction of sp³-hybridized carbons (Fsp3) is 0.355. The minimum Gasteiger partial charge on any atom is -0.483 e. The van der Waals surface area contributed by atoms with E-state index in [4.69, 9.17) is 27.9 Å². The number of halogens is 3. The van der Waals surface area contributed by atoms with Crippen molar-refractivity contribution in [1.29, 1.82) is 0 Å². The molecule has 0 aromatic heterocycles. The molecule has 3 aromatic rings. The van der Waals surface area contributed by atoms with Gasteiger partial charge in [0.05, 0.1) is 4.47 Å². The van der Waals surface area contributed by atoms with Gasteiger partial charge in [-0.05, 0) is 76.1 Å². The van der Waals surface area contributed by atoms with Gasteiger partial charge in [-0.3, -0.25) is 9.59 Å². The lowest BCUT2D eigenvalue weighted by atomic mass is 10.0. The van der Waals surface area contributed by atoms with Crippen LogP contribution in [0.25, 0.3) is 0 Å². The zero-order chi connectivity index (χ0) is 27.8. The number of carbonyl (C=O) groups excluding carboxylic acids is 2. The first-order valence-electron chi connectivity index (χ1n) is 13.3. The molecule has 1 atom stereocenters. The molecule has 0 aliphatic heterocycles. The number of rotatable bonds is 11. The molecule has 1 saturated carbocycles. The molecule has 0 bridgehead atoms. The highest BCUT2D eigenvalue weighted by atomic mass is 79.9. The summed E-state index contributed by atoms with van der Waals surface area (Å²) in [6.45, 7) is 2.00. The summed E-state index contributed by atoms with van der Waals surface area (Å²) in [5, 5.41) is 4.15. The summed E-state index contributed by atoms with van der Waals surface area (Å²) < 4.78 is 6.74. The molecule has 0 unspecified atom stereocenters. The lowest BCUT2D eigenvalue weighted by Crippen LogP contribution is -2.53. The topological polar surface area (TPSA) is 58.6 Å². The van der Waals surface area contributed by atoms with E-state index in [-0.39, 0.29) is 31.0 Å². The van der Waals surface area contributed by atoms with Gasteiger partial charge in [0, 0.05) is 29.1 Å². The van der Waals surface area contributed by atoms with Crippen LogP contribution in [0.15, 0.2) is 71.2 Å². The molecule has 1 fully saturated rings. The molecule has 1 N–H and O–H groups in total. The summed E-state index contributed by atoms with van der Waals surface area (Å²) in [6, 6.07) is 20.1. The SMILES string of the molecule is CCc1ccc(OCC(=O)N(Cc2ccc(Cl)cc2Cl)[C@@H](Cc2ccccc2)C(=O)NC2CCCC2)c(Br)c1. The van der Waals surface area contributed by atoms with E-state index in [0.717, 1.165) is 47.7 Å². The monoisotopic (exact) mass is 630 g/mol. The van der Waals surface area contributed by atoms with E-state index in [0.29, 0.717) is 27.8 Å². The second kappa shape index (κ2) is 14.2. The third-order valence-electron chi connectivity index (χ3n) is 7.08. The van der Waals surface area contributed by atoms with Crippen LogP contribution in [0, 0.1) is 0 Å². The lowest BCUT2D eigenvalue weighted by molar-refractivity contribution is -0.143. The number of aryl methyl sites for hydroxylation is 1. The third kappa shape index (κ3) is 8.23. The summed E-state index contributed by atoms with van der Waals surface area (Å²) >= 11 is 16.2. The molecular formula is C31H33BrCl2N2O3. The van der Waals surface area contributed by atoms with Crippen LogP contribution in [0.1, 0.15) is 49.3 Å². The number of amides is 2. The van der Waals surface area contributed by atoms with E-state index in [2.05, 4.69) is 28.2 Å². The van der Waals surface area contributed by atoms with Crippen LogP contribution in [0.3, 0.4) is 0 Å².